The molecule has 0 amide bonds. The Bertz CT molecular complexity index is 369. The lowest BCUT2D eigenvalue weighted by Gasteiger charge is -2.04. The van der Waals surface area contributed by atoms with Crippen LogP contribution in [0.25, 0.3) is 0 Å². The zero-order valence-corrected chi connectivity index (χ0v) is 9.58. The maximum Gasteiger partial charge on any atom is 0.160 e. The van der Waals surface area contributed by atoms with Gasteiger partial charge in [-0.05, 0) is 54.1 Å². The standard InChI is InChI=1S/C10H9IO2/c1-6-3-9(7(2)13)10(11)4-8(6)5-12/h3-5H,1-2H3. The monoisotopic (exact) mass is 288 g/mol. The third-order valence-electron chi connectivity index (χ3n) is 1.86. The second-order valence-corrected chi connectivity index (χ2v) is 4.02. The maximum atomic E-state index is 11.1. The van der Waals surface area contributed by atoms with Crippen LogP contribution in [0.3, 0.4) is 0 Å². The van der Waals surface area contributed by atoms with E-state index in [1.54, 1.807) is 12.1 Å². The molecular weight excluding hydrogens is 279 g/mol. The molecule has 0 atom stereocenters. The normalized spacial score (nSPS) is 9.77. The quantitative estimate of drug-likeness (QED) is 0.476. The van der Waals surface area contributed by atoms with Crippen molar-refractivity contribution in [3.8, 4) is 0 Å². The van der Waals surface area contributed by atoms with Crippen molar-refractivity contribution in [3.05, 3.63) is 32.4 Å². The molecule has 0 aromatic heterocycles. The first kappa shape index (κ1) is 10.4. The molecule has 0 aliphatic heterocycles. The second-order valence-electron chi connectivity index (χ2n) is 2.86. The molecule has 68 valence electrons. The van der Waals surface area contributed by atoms with Crippen molar-refractivity contribution in [2.75, 3.05) is 0 Å². The Morgan fingerprint density at radius 3 is 2.54 bits per heavy atom. The minimum absolute atomic E-state index is 0.0324. The first-order valence-corrected chi connectivity index (χ1v) is 4.90. The fourth-order valence-corrected chi connectivity index (χ4v) is 1.96. The van der Waals surface area contributed by atoms with Gasteiger partial charge >= 0.3 is 0 Å². The van der Waals surface area contributed by atoms with Crippen LogP contribution in [0, 0.1) is 10.5 Å². The Kier molecular flexibility index (Phi) is 3.19. The molecule has 0 saturated carbocycles. The molecular formula is C10H9IO2. The number of halogens is 1. The molecule has 1 rings (SSSR count). The van der Waals surface area contributed by atoms with Gasteiger partial charge in [-0.1, -0.05) is 0 Å². The van der Waals surface area contributed by atoms with Crippen molar-refractivity contribution in [2.45, 2.75) is 13.8 Å². The predicted octanol–water partition coefficient (Wildman–Crippen LogP) is 2.61. The van der Waals surface area contributed by atoms with E-state index in [1.165, 1.54) is 6.92 Å². The Hall–Kier alpha value is -0.710. The molecule has 0 aliphatic carbocycles. The van der Waals surface area contributed by atoms with Gasteiger partial charge in [0.15, 0.2) is 5.78 Å². The van der Waals surface area contributed by atoms with Crippen LogP contribution in [0.4, 0.5) is 0 Å². The zero-order chi connectivity index (χ0) is 10.0. The summed E-state index contributed by atoms with van der Waals surface area (Å²) >= 11 is 2.06. The summed E-state index contributed by atoms with van der Waals surface area (Å²) < 4.78 is 0.831. The Balaban J connectivity index is 3.36. The van der Waals surface area contributed by atoms with Crippen LogP contribution in [0.5, 0.6) is 0 Å². The van der Waals surface area contributed by atoms with E-state index in [2.05, 4.69) is 22.6 Å². The molecule has 0 heterocycles. The summed E-state index contributed by atoms with van der Waals surface area (Å²) in [5.41, 5.74) is 2.18. The van der Waals surface area contributed by atoms with E-state index in [4.69, 9.17) is 0 Å². The van der Waals surface area contributed by atoms with Crippen LogP contribution in [0.1, 0.15) is 33.2 Å². The average Bonchev–Trinajstić information content (AvgIpc) is 2.07. The second kappa shape index (κ2) is 4.00. The Morgan fingerprint density at radius 2 is 2.08 bits per heavy atom. The van der Waals surface area contributed by atoms with E-state index in [0.717, 1.165) is 15.4 Å². The molecule has 13 heavy (non-hydrogen) atoms. The van der Waals surface area contributed by atoms with Gasteiger partial charge in [-0.3, -0.25) is 9.59 Å². The Labute approximate surface area is 90.5 Å². The van der Waals surface area contributed by atoms with Crippen LogP contribution >= 0.6 is 22.6 Å². The molecule has 0 unspecified atom stereocenters. The molecule has 0 fully saturated rings. The van der Waals surface area contributed by atoms with Crippen molar-refractivity contribution < 1.29 is 9.59 Å². The van der Waals surface area contributed by atoms with Crippen LogP contribution < -0.4 is 0 Å². The molecule has 3 heteroatoms. The van der Waals surface area contributed by atoms with Gasteiger partial charge < -0.3 is 0 Å². The first-order valence-electron chi connectivity index (χ1n) is 3.82. The number of aryl methyl sites for hydroxylation is 1. The van der Waals surface area contributed by atoms with Crippen LogP contribution in [-0.2, 0) is 0 Å². The number of carbonyl (C=O) groups is 2. The molecule has 1 aromatic rings. The molecule has 0 aliphatic rings. The molecule has 1 aromatic carbocycles. The number of hydrogen-bond donors (Lipinski definition) is 0. The van der Waals surface area contributed by atoms with E-state index in [1.807, 2.05) is 6.92 Å². The minimum atomic E-state index is 0.0324. The number of carbonyl (C=O) groups excluding carboxylic acids is 2. The summed E-state index contributed by atoms with van der Waals surface area (Å²) in [5, 5.41) is 0. The first-order chi connectivity index (χ1) is 6.06. The molecule has 0 radical (unpaired) electrons. The summed E-state index contributed by atoms with van der Waals surface area (Å²) in [6, 6.07) is 3.49. The predicted molar refractivity (Wildman–Crippen MR) is 59.3 cm³/mol. The van der Waals surface area contributed by atoms with Gasteiger partial charge in [0, 0.05) is 14.7 Å². The summed E-state index contributed by atoms with van der Waals surface area (Å²) in [7, 11) is 0. The van der Waals surface area contributed by atoms with Gasteiger partial charge in [0.1, 0.15) is 6.29 Å². The van der Waals surface area contributed by atoms with Gasteiger partial charge in [-0.25, -0.2) is 0 Å². The highest BCUT2D eigenvalue weighted by Gasteiger charge is 2.07. The smallest absolute Gasteiger partial charge is 0.160 e. The van der Waals surface area contributed by atoms with Crippen molar-refractivity contribution in [3.63, 3.8) is 0 Å². The molecule has 0 saturated heterocycles. The molecule has 0 spiro atoms. The fourth-order valence-electron chi connectivity index (χ4n) is 1.09. The van der Waals surface area contributed by atoms with Crippen molar-refractivity contribution in [1.29, 1.82) is 0 Å². The molecule has 0 bridgehead atoms. The van der Waals surface area contributed by atoms with Crippen LogP contribution in [-0.4, -0.2) is 12.1 Å². The van der Waals surface area contributed by atoms with E-state index in [-0.39, 0.29) is 5.78 Å². The van der Waals surface area contributed by atoms with Gasteiger partial charge in [0.05, 0.1) is 0 Å². The lowest BCUT2D eigenvalue weighted by Crippen LogP contribution is -1.99. The summed E-state index contributed by atoms with van der Waals surface area (Å²) in [6.45, 7) is 3.35. The summed E-state index contributed by atoms with van der Waals surface area (Å²) in [4.78, 5) is 21.7. The topological polar surface area (TPSA) is 34.1 Å². The largest absolute Gasteiger partial charge is 0.298 e. The molecule has 2 nitrogen and oxygen atoms in total. The highest BCUT2D eigenvalue weighted by Crippen LogP contribution is 2.17. The molecule has 0 N–H and O–H groups in total. The maximum absolute atomic E-state index is 11.1. The third kappa shape index (κ3) is 2.15. The number of ketones is 1. The summed E-state index contributed by atoms with van der Waals surface area (Å²) in [6.07, 6.45) is 0.807. The Morgan fingerprint density at radius 1 is 1.46 bits per heavy atom. The third-order valence-corrected chi connectivity index (χ3v) is 2.75. The lowest BCUT2D eigenvalue weighted by atomic mass is 10.0. The van der Waals surface area contributed by atoms with Crippen molar-refractivity contribution >= 4 is 34.7 Å². The van der Waals surface area contributed by atoms with E-state index in [0.29, 0.717) is 11.1 Å². The van der Waals surface area contributed by atoms with Crippen LogP contribution in [0.15, 0.2) is 12.1 Å². The van der Waals surface area contributed by atoms with E-state index >= 15 is 0 Å². The zero-order valence-electron chi connectivity index (χ0n) is 7.43. The van der Waals surface area contributed by atoms with Crippen molar-refractivity contribution in [2.24, 2.45) is 0 Å². The van der Waals surface area contributed by atoms with Gasteiger partial charge in [-0.2, -0.15) is 0 Å². The average molecular weight is 288 g/mol. The van der Waals surface area contributed by atoms with Crippen LogP contribution in [0.2, 0.25) is 0 Å². The van der Waals surface area contributed by atoms with Gasteiger partial charge in [0.2, 0.25) is 0 Å². The highest BCUT2D eigenvalue weighted by atomic mass is 127. The highest BCUT2D eigenvalue weighted by molar-refractivity contribution is 14.1. The minimum Gasteiger partial charge on any atom is -0.298 e. The number of hydrogen-bond acceptors (Lipinski definition) is 2. The summed E-state index contributed by atoms with van der Waals surface area (Å²) in [5.74, 6) is 0.0324. The number of aldehydes is 1. The SMILES string of the molecule is CC(=O)c1cc(C)c(C=O)cc1I. The van der Waals surface area contributed by atoms with Gasteiger partial charge in [0.25, 0.3) is 0 Å². The van der Waals surface area contributed by atoms with Gasteiger partial charge in [-0.15, -0.1) is 0 Å². The lowest BCUT2D eigenvalue weighted by molar-refractivity contribution is 0.101. The van der Waals surface area contributed by atoms with E-state index in [9.17, 15) is 9.59 Å². The number of benzene rings is 1. The van der Waals surface area contributed by atoms with E-state index < -0.39 is 0 Å². The van der Waals surface area contributed by atoms with Crippen molar-refractivity contribution in [1.82, 2.24) is 0 Å². The number of rotatable bonds is 2. The number of Topliss-reactive ketones (excluding diaryl/α,β-unsaturated/α-hetero) is 1. The fraction of sp³-hybridized carbons (Fsp3) is 0.200.